The number of nitrogens with two attached hydrogens (primary N) is 4. The Morgan fingerprint density at radius 3 is 1.07 bits per heavy atom. The molecule has 0 heterocycles. The molecule has 4 nitrogen and oxygen atoms in total. The van der Waals surface area contributed by atoms with Gasteiger partial charge in [-0.1, -0.05) is 24.3 Å². The molecule has 42 heavy (non-hydrogen) atoms. The normalized spacial score (nSPS) is 11.9. The quantitative estimate of drug-likeness (QED) is 0.142. The Balaban J connectivity index is 0.000000230. The highest BCUT2D eigenvalue weighted by Gasteiger charge is 2.45. The molecule has 4 aromatic rings. The summed E-state index contributed by atoms with van der Waals surface area (Å²) in [4.78, 5) is 0. The van der Waals surface area contributed by atoms with E-state index in [0.717, 1.165) is 60.7 Å². The molecule has 14 heteroatoms. The van der Waals surface area contributed by atoms with E-state index in [1.54, 1.807) is 0 Å². The number of hydrogen-bond donors (Lipinski definition) is 4. The average molecular weight is 604 g/mol. The van der Waals surface area contributed by atoms with Crippen molar-refractivity contribution in [3.63, 3.8) is 0 Å². The Bertz CT molecular complexity index is 1460. The van der Waals surface area contributed by atoms with Gasteiger partial charge in [-0.3, -0.25) is 0 Å². The van der Waals surface area contributed by atoms with Gasteiger partial charge in [0.2, 0.25) is 0 Å². The van der Waals surface area contributed by atoms with Crippen LogP contribution in [0.15, 0.2) is 72.8 Å². The van der Waals surface area contributed by atoms with Crippen molar-refractivity contribution >= 4 is 22.7 Å². The van der Waals surface area contributed by atoms with Gasteiger partial charge in [0, 0.05) is 22.5 Å². The van der Waals surface area contributed by atoms with Crippen LogP contribution in [0.5, 0.6) is 0 Å². The van der Waals surface area contributed by atoms with Crippen molar-refractivity contribution in [3.05, 3.63) is 118 Å². The third-order valence-corrected chi connectivity index (χ3v) is 6.04. The highest BCUT2D eigenvalue weighted by molar-refractivity contribution is 5.49. The minimum atomic E-state index is -4.87. The minimum Gasteiger partial charge on any atom is -0.399 e. The van der Waals surface area contributed by atoms with Gasteiger partial charge in [-0.2, -0.15) is 26.3 Å². The van der Waals surface area contributed by atoms with Crippen LogP contribution in [0, 0.1) is 23.3 Å². The van der Waals surface area contributed by atoms with Crippen LogP contribution in [0.25, 0.3) is 0 Å². The summed E-state index contributed by atoms with van der Waals surface area (Å²) in [6.07, 6.45) is -9.58. The first-order valence-corrected chi connectivity index (χ1v) is 11.7. The van der Waals surface area contributed by atoms with E-state index in [-0.39, 0.29) is 33.9 Å². The molecule has 0 aliphatic rings. The molecule has 0 bridgehead atoms. The van der Waals surface area contributed by atoms with E-state index < -0.39 is 58.6 Å². The van der Waals surface area contributed by atoms with E-state index in [2.05, 4.69) is 0 Å². The van der Waals surface area contributed by atoms with Gasteiger partial charge in [-0.25, -0.2) is 17.6 Å². The average Bonchev–Trinajstić information content (AvgIpc) is 2.85. The number of alkyl halides is 6. The molecule has 0 saturated carbocycles. The molecule has 0 fully saturated rings. The Kier molecular flexibility index (Phi) is 9.18. The summed E-state index contributed by atoms with van der Waals surface area (Å²) >= 11 is 0. The van der Waals surface area contributed by atoms with Gasteiger partial charge in [0.1, 0.15) is 35.1 Å². The van der Waals surface area contributed by atoms with Crippen LogP contribution in [-0.2, 0) is 0 Å². The zero-order valence-electron chi connectivity index (χ0n) is 21.2. The van der Waals surface area contributed by atoms with Crippen molar-refractivity contribution in [2.24, 2.45) is 0 Å². The molecule has 0 aliphatic carbocycles. The molecule has 0 aromatic heterocycles. The molecule has 0 aliphatic heterocycles. The van der Waals surface area contributed by atoms with Crippen molar-refractivity contribution < 1.29 is 43.9 Å². The zero-order chi connectivity index (χ0) is 31.6. The van der Waals surface area contributed by atoms with E-state index in [4.69, 9.17) is 22.9 Å². The Hall–Kier alpha value is -4.62. The van der Waals surface area contributed by atoms with Crippen molar-refractivity contribution in [2.75, 3.05) is 22.9 Å². The molecular weight excluding hydrogens is 582 g/mol. The number of anilines is 4. The SMILES string of the molecule is Nc1ccc(C(c2ccc(N)c(F)c2)C(F)(F)F)cc1F.Nc1ccc(C(c2ccc(N)cc2F)C(F)(F)F)c(F)c1. The second-order valence-corrected chi connectivity index (χ2v) is 9.07. The van der Waals surface area contributed by atoms with Crippen molar-refractivity contribution in [1.82, 2.24) is 0 Å². The molecule has 224 valence electrons. The van der Waals surface area contributed by atoms with Crippen LogP contribution in [0.3, 0.4) is 0 Å². The summed E-state index contributed by atoms with van der Waals surface area (Å²) in [5, 5.41) is 0. The molecular formula is C28H22F10N4. The fourth-order valence-electron chi connectivity index (χ4n) is 4.09. The van der Waals surface area contributed by atoms with Gasteiger partial charge < -0.3 is 22.9 Å². The maximum absolute atomic E-state index is 13.8. The fraction of sp³-hybridized carbons (Fsp3) is 0.143. The summed E-state index contributed by atoms with van der Waals surface area (Å²) < 4.78 is 134. The zero-order valence-corrected chi connectivity index (χ0v) is 21.2. The predicted molar refractivity (Wildman–Crippen MR) is 139 cm³/mol. The number of rotatable bonds is 4. The lowest BCUT2D eigenvalue weighted by atomic mass is 9.89. The number of halogens is 10. The van der Waals surface area contributed by atoms with E-state index in [1.165, 1.54) is 0 Å². The van der Waals surface area contributed by atoms with Crippen molar-refractivity contribution in [1.29, 1.82) is 0 Å². The van der Waals surface area contributed by atoms with Gasteiger partial charge in [-0.15, -0.1) is 0 Å². The van der Waals surface area contributed by atoms with Crippen LogP contribution in [-0.4, -0.2) is 12.4 Å². The van der Waals surface area contributed by atoms with Crippen molar-refractivity contribution in [2.45, 2.75) is 24.2 Å². The van der Waals surface area contributed by atoms with E-state index in [0.29, 0.717) is 12.1 Å². The Labute approximate surface area is 232 Å². The maximum Gasteiger partial charge on any atom is 0.399 e. The van der Waals surface area contributed by atoms with E-state index in [1.807, 2.05) is 0 Å². The molecule has 0 atom stereocenters. The molecule has 0 saturated heterocycles. The third-order valence-electron chi connectivity index (χ3n) is 6.04. The molecule has 0 spiro atoms. The van der Waals surface area contributed by atoms with Crippen molar-refractivity contribution in [3.8, 4) is 0 Å². The van der Waals surface area contributed by atoms with Crippen LogP contribution >= 0.6 is 0 Å². The van der Waals surface area contributed by atoms with Crippen LogP contribution < -0.4 is 22.9 Å². The minimum absolute atomic E-state index is 0.0186. The van der Waals surface area contributed by atoms with E-state index in [9.17, 15) is 43.9 Å². The molecule has 4 rings (SSSR count). The lowest BCUT2D eigenvalue weighted by Gasteiger charge is -2.22. The molecule has 8 N–H and O–H groups in total. The highest BCUT2D eigenvalue weighted by Crippen LogP contribution is 2.43. The van der Waals surface area contributed by atoms with Crippen LogP contribution in [0.1, 0.15) is 34.1 Å². The van der Waals surface area contributed by atoms with Crippen LogP contribution in [0.2, 0.25) is 0 Å². The number of hydrogen-bond acceptors (Lipinski definition) is 4. The van der Waals surface area contributed by atoms with Gasteiger partial charge in [-0.05, 0) is 59.7 Å². The van der Waals surface area contributed by atoms with Gasteiger partial charge in [0.05, 0.1) is 11.4 Å². The smallest absolute Gasteiger partial charge is 0.399 e. The molecule has 4 aromatic carbocycles. The molecule has 0 radical (unpaired) electrons. The maximum atomic E-state index is 13.8. The first kappa shape index (κ1) is 31.9. The van der Waals surface area contributed by atoms with Gasteiger partial charge >= 0.3 is 12.4 Å². The first-order chi connectivity index (χ1) is 19.4. The first-order valence-electron chi connectivity index (χ1n) is 11.7. The van der Waals surface area contributed by atoms with Crippen LogP contribution in [0.4, 0.5) is 66.7 Å². The Morgan fingerprint density at radius 1 is 0.429 bits per heavy atom. The monoisotopic (exact) mass is 604 g/mol. The largest absolute Gasteiger partial charge is 0.399 e. The summed E-state index contributed by atoms with van der Waals surface area (Å²) in [7, 11) is 0. The van der Waals surface area contributed by atoms with Gasteiger partial charge in [0.25, 0.3) is 0 Å². The highest BCUT2D eigenvalue weighted by atomic mass is 19.4. The summed E-state index contributed by atoms with van der Waals surface area (Å²) in [5.41, 5.74) is 18.4. The predicted octanol–water partition coefficient (Wildman–Crippen LogP) is 7.65. The van der Waals surface area contributed by atoms with E-state index >= 15 is 0 Å². The summed E-state index contributed by atoms with van der Waals surface area (Å²) in [6, 6.07) is 11.2. The lowest BCUT2D eigenvalue weighted by Crippen LogP contribution is -2.24. The number of nitrogen functional groups attached to an aromatic ring is 4. The molecule has 0 amide bonds. The summed E-state index contributed by atoms with van der Waals surface area (Å²) in [5.74, 6) is -8.81. The second-order valence-electron chi connectivity index (χ2n) is 9.07. The topological polar surface area (TPSA) is 104 Å². The second kappa shape index (κ2) is 12.1. The third kappa shape index (κ3) is 7.36. The summed E-state index contributed by atoms with van der Waals surface area (Å²) in [6.45, 7) is 0. The number of benzene rings is 4. The van der Waals surface area contributed by atoms with Gasteiger partial charge in [0.15, 0.2) is 0 Å². The standard InChI is InChI=1S/2C14H11F5N2/c15-9-5-7(1-3-11(9)20)13(14(17,18)19)8-2-4-12(21)10(16)6-8;15-11-5-7(20)1-3-9(11)13(14(17,18)19)10-4-2-8(21)6-12(10)16/h2*1-6,13H,20-21H2. The fourth-order valence-corrected chi connectivity index (χ4v) is 4.09. The molecule has 0 unspecified atom stereocenters. The lowest BCUT2D eigenvalue weighted by molar-refractivity contribution is -0.142. The Morgan fingerprint density at radius 2 is 0.786 bits per heavy atom.